The molecule has 0 atom stereocenters. The fraction of sp³-hybridized carbons (Fsp3) is 0.545. The van der Waals surface area contributed by atoms with E-state index in [9.17, 15) is 0 Å². The highest BCUT2D eigenvalue weighted by atomic mass is 14.7. The van der Waals surface area contributed by atoms with Crippen LogP contribution in [0.5, 0.6) is 0 Å². The molecule has 0 aromatic carbocycles. The molecule has 0 saturated carbocycles. The Hall–Kier alpha value is -0.850. The van der Waals surface area contributed by atoms with Gasteiger partial charge in [-0.05, 0) is 45.1 Å². The maximum Gasteiger partial charge on any atom is 0.0433 e. The highest BCUT2D eigenvalue weighted by Gasteiger charge is 2.11. The van der Waals surface area contributed by atoms with Crippen LogP contribution in [0.25, 0.3) is 0 Å². The van der Waals surface area contributed by atoms with Gasteiger partial charge in [-0.1, -0.05) is 12.2 Å². The van der Waals surface area contributed by atoms with E-state index in [1.54, 1.807) is 0 Å². The largest absolute Gasteiger partial charge is 0.266 e. The number of hydrogen-bond acceptors (Lipinski definition) is 1. The Kier molecular flexibility index (Phi) is 3.27. The van der Waals surface area contributed by atoms with Crippen molar-refractivity contribution >= 4 is 6.21 Å². The summed E-state index contributed by atoms with van der Waals surface area (Å²) in [4.78, 5) is 4.38. The highest BCUT2D eigenvalue weighted by molar-refractivity contribution is 5.56. The maximum absolute atomic E-state index is 4.38. The van der Waals surface area contributed by atoms with Gasteiger partial charge in [0.1, 0.15) is 0 Å². The fourth-order valence-corrected chi connectivity index (χ4v) is 1.65. The van der Waals surface area contributed by atoms with Gasteiger partial charge in [-0.2, -0.15) is 0 Å². The third-order valence-electron chi connectivity index (χ3n) is 2.24. The van der Waals surface area contributed by atoms with Crippen molar-refractivity contribution < 1.29 is 0 Å². The Bertz CT molecular complexity index is 233. The van der Waals surface area contributed by atoms with Gasteiger partial charge in [-0.3, -0.25) is 4.99 Å². The molecule has 66 valence electrons. The molecular weight excluding hydrogens is 146 g/mol. The molecule has 0 aliphatic heterocycles. The molecule has 0 aromatic heterocycles. The van der Waals surface area contributed by atoms with Gasteiger partial charge in [0.05, 0.1) is 0 Å². The minimum atomic E-state index is 1.13. The molecule has 1 heteroatoms. The van der Waals surface area contributed by atoms with Gasteiger partial charge < -0.3 is 0 Å². The Morgan fingerprint density at radius 2 is 2.08 bits per heavy atom. The fourth-order valence-electron chi connectivity index (χ4n) is 1.65. The molecule has 0 heterocycles. The van der Waals surface area contributed by atoms with Crippen LogP contribution in [-0.4, -0.2) is 6.21 Å². The van der Waals surface area contributed by atoms with E-state index in [-0.39, 0.29) is 0 Å². The van der Waals surface area contributed by atoms with Crippen LogP contribution in [0, 0.1) is 0 Å². The van der Waals surface area contributed by atoms with Gasteiger partial charge in [0.2, 0.25) is 0 Å². The Morgan fingerprint density at radius 1 is 1.42 bits per heavy atom. The van der Waals surface area contributed by atoms with E-state index in [0.29, 0.717) is 0 Å². The second-order valence-corrected chi connectivity index (χ2v) is 3.30. The van der Waals surface area contributed by atoms with Crippen LogP contribution in [0.3, 0.4) is 0 Å². The van der Waals surface area contributed by atoms with Crippen molar-refractivity contribution in [2.45, 2.75) is 39.5 Å². The summed E-state index contributed by atoms with van der Waals surface area (Å²) in [7, 11) is 0. The standard InChI is InChI=1S/C11H17N/c1-4-12-11-8-6-5-7-10(11)9(2)3/h4H,2,5-8H2,1,3H3/b12-4-. The molecule has 1 nitrogen and oxygen atoms in total. The number of allylic oxidation sites excluding steroid dienone is 3. The average molecular weight is 163 g/mol. The first-order valence-corrected chi connectivity index (χ1v) is 4.62. The zero-order valence-corrected chi connectivity index (χ0v) is 8.06. The summed E-state index contributed by atoms with van der Waals surface area (Å²) in [5, 5.41) is 0. The van der Waals surface area contributed by atoms with E-state index in [2.05, 4.69) is 18.5 Å². The molecule has 1 rings (SSSR count). The molecule has 0 saturated heterocycles. The predicted molar refractivity (Wildman–Crippen MR) is 54.5 cm³/mol. The lowest BCUT2D eigenvalue weighted by molar-refractivity contribution is 0.672. The van der Waals surface area contributed by atoms with Gasteiger partial charge >= 0.3 is 0 Å². The molecule has 0 unspecified atom stereocenters. The number of nitrogens with zero attached hydrogens (tertiary/aromatic N) is 1. The Labute approximate surface area is 74.9 Å². The third-order valence-corrected chi connectivity index (χ3v) is 2.24. The summed E-state index contributed by atoms with van der Waals surface area (Å²) in [5.41, 5.74) is 3.84. The molecule has 0 bridgehead atoms. The van der Waals surface area contributed by atoms with E-state index < -0.39 is 0 Å². The van der Waals surface area contributed by atoms with Crippen LogP contribution in [0.1, 0.15) is 39.5 Å². The van der Waals surface area contributed by atoms with E-state index in [1.165, 1.54) is 36.1 Å². The Balaban J connectivity index is 2.90. The van der Waals surface area contributed by atoms with Crippen LogP contribution in [0.4, 0.5) is 0 Å². The van der Waals surface area contributed by atoms with Crippen molar-refractivity contribution in [2.75, 3.05) is 0 Å². The van der Waals surface area contributed by atoms with E-state index in [0.717, 1.165) is 6.42 Å². The van der Waals surface area contributed by atoms with E-state index >= 15 is 0 Å². The summed E-state index contributed by atoms with van der Waals surface area (Å²) >= 11 is 0. The summed E-state index contributed by atoms with van der Waals surface area (Å²) < 4.78 is 0. The van der Waals surface area contributed by atoms with Gasteiger partial charge in [0.25, 0.3) is 0 Å². The third kappa shape index (κ3) is 2.07. The smallest absolute Gasteiger partial charge is 0.0433 e. The number of rotatable bonds is 2. The molecule has 0 N–H and O–H groups in total. The molecule has 0 fully saturated rings. The maximum atomic E-state index is 4.38. The molecule has 12 heavy (non-hydrogen) atoms. The summed E-state index contributed by atoms with van der Waals surface area (Å²) in [6.45, 7) is 8.02. The van der Waals surface area contributed by atoms with Crippen molar-refractivity contribution in [3.63, 3.8) is 0 Å². The second kappa shape index (κ2) is 4.24. The lowest BCUT2D eigenvalue weighted by atomic mass is 9.92. The Morgan fingerprint density at radius 3 is 2.67 bits per heavy atom. The van der Waals surface area contributed by atoms with Crippen LogP contribution >= 0.6 is 0 Å². The van der Waals surface area contributed by atoms with Crippen LogP contribution < -0.4 is 0 Å². The topological polar surface area (TPSA) is 12.4 Å². The first-order chi connectivity index (χ1) is 5.75. The molecule has 0 radical (unpaired) electrons. The van der Waals surface area contributed by atoms with Crippen molar-refractivity contribution in [3.05, 3.63) is 23.4 Å². The number of aliphatic imine (C=N–C) groups is 1. The minimum absolute atomic E-state index is 1.13. The molecule has 0 amide bonds. The SMILES string of the molecule is C=C(C)C1=C(/N=C\C)CCCC1. The zero-order chi connectivity index (χ0) is 8.97. The molecule has 0 aromatic rings. The van der Waals surface area contributed by atoms with Crippen molar-refractivity contribution in [1.29, 1.82) is 0 Å². The molecule has 0 spiro atoms. The second-order valence-electron chi connectivity index (χ2n) is 3.30. The lowest BCUT2D eigenvalue weighted by Crippen LogP contribution is -1.99. The first-order valence-electron chi connectivity index (χ1n) is 4.62. The quantitative estimate of drug-likeness (QED) is 0.553. The first kappa shape index (κ1) is 9.24. The number of hydrogen-bond donors (Lipinski definition) is 0. The van der Waals surface area contributed by atoms with Gasteiger partial charge in [0, 0.05) is 11.9 Å². The minimum Gasteiger partial charge on any atom is -0.266 e. The zero-order valence-electron chi connectivity index (χ0n) is 8.06. The van der Waals surface area contributed by atoms with Crippen molar-refractivity contribution in [3.8, 4) is 0 Å². The summed E-state index contributed by atoms with van der Waals surface area (Å²) in [5.74, 6) is 0. The van der Waals surface area contributed by atoms with E-state index in [1.807, 2.05) is 13.1 Å². The lowest BCUT2D eigenvalue weighted by Gasteiger charge is -2.17. The monoisotopic (exact) mass is 163 g/mol. The van der Waals surface area contributed by atoms with Gasteiger partial charge in [-0.15, -0.1) is 0 Å². The van der Waals surface area contributed by atoms with Crippen LogP contribution in [-0.2, 0) is 0 Å². The highest BCUT2D eigenvalue weighted by Crippen LogP contribution is 2.29. The van der Waals surface area contributed by atoms with Crippen molar-refractivity contribution in [2.24, 2.45) is 4.99 Å². The predicted octanol–water partition coefficient (Wildman–Crippen LogP) is 3.48. The van der Waals surface area contributed by atoms with Crippen LogP contribution in [0.2, 0.25) is 0 Å². The van der Waals surface area contributed by atoms with E-state index in [4.69, 9.17) is 0 Å². The van der Waals surface area contributed by atoms with Gasteiger partial charge in [-0.25, -0.2) is 0 Å². The van der Waals surface area contributed by atoms with Crippen LogP contribution in [0.15, 0.2) is 28.4 Å². The molecule has 1 aliphatic rings. The normalized spacial score (nSPS) is 18.8. The summed E-state index contributed by atoms with van der Waals surface area (Å²) in [6.07, 6.45) is 6.76. The summed E-state index contributed by atoms with van der Waals surface area (Å²) in [6, 6.07) is 0. The van der Waals surface area contributed by atoms with Crippen molar-refractivity contribution in [1.82, 2.24) is 0 Å². The van der Waals surface area contributed by atoms with Gasteiger partial charge in [0.15, 0.2) is 0 Å². The molecule has 1 aliphatic carbocycles. The average Bonchev–Trinajstić information content (AvgIpc) is 2.05. The molecular formula is C11H17N.